The van der Waals surface area contributed by atoms with Crippen molar-refractivity contribution >= 4 is 0 Å². The first-order chi connectivity index (χ1) is 9.24. The highest BCUT2D eigenvalue weighted by molar-refractivity contribution is 5.33. The second-order valence-corrected chi connectivity index (χ2v) is 6.21. The summed E-state index contributed by atoms with van der Waals surface area (Å²) in [5, 5.41) is 0. The van der Waals surface area contributed by atoms with Gasteiger partial charge < -0.3 is 4.74 Å². The fourth-order valence-corrected chi connectivity index (χ4v) is 2.78. The predicted molar refractivity (Wildman–Crippen MR) is 75.9 cm³/mol. The minimum atomic E-state index is 0.614. The number of nitrogens with zero attached hydrogens (tertiary/aromatic N) is 2. The third kappa shape index (κ3) is 3.15. The molecule has 0 atom stereocenters. The molecule has 0 spiro atoms. The Morgan fingerprint density at radius 2 is 2.21 bits per heavy atom. The topological polar surface area (TPSA) is 25.4 Å². The largest absolute Gasteiger partial charge is 0.376 e. The smallest absolute Gasteiger partial charge is 0.0734 e. The number of rotatable bonds is 5. The SMILES string of the molecule is CC(C)N1CCc2c(COCC3CC3)cncc2C1. The van der Waals surface area contributed by atoms with Gasteiger partial charge in [0.25, 0.3) is 0 Å². The van der Waals surface area contributed by atoms with E-state index in [1.165, 1.54) is 29.5 Å². The molecule has 1 aliphatic carbocycles. The fourth-order valence-electron chi connectivity index (χ4n) is 2.78. The molecule has 3 nitrogen and oxygen atoms in total. The Kier molecular flexibility index (Phi) is 3.85. The van der Waals surface area contributed by atoms with Crippen molar-refractivity contribution in [1.29, 1.82) is 0 Å². The Morgan fingerprint density at radius 1 is 1.37 bits per heavy atom. The maximum absolute atomic E-state index is 5.83. The lowest BCUT2D eigenvalue weighted by atomic mass is 9.97. The van der Waals surface area contributed by atoms with Crippen LogP contribution in [0.25, 0.3) is 0 Å². The normalized spacial score (nSPS) is 19.7. The van der Waals surface area contributed by atoms with Crippen LogP contribution in [0.4, 0.5) is 0 Å². The van der Waals surface area contributed by atoms with Crippen LogP contribution in [0.3, 0.4) is 0 Å². The molecule has 0 N–H and O–H groups in total. The molecule has 0 unspecified atom stereocenters. The number of aromatic nitrogens is 1. The van der Waals surface area contributed by atoms with E-state index >= 15 is 0 Å². The fraction of sp³-hybridized carbons (Fsp3) is 0.688. The van der Waals surface area contributed by atoms with Crippen molar-refractivity contribution < 1.29 is 4.74 Å². The molecule has 2 aliphatic rings. The van der Waals surface area contributed by atoms with Crippen LogP contribution in [-0.4, -0.2) is 29.1 Å². The maximum Gasteiger partial charge on any atom is 0.0734 e. The summed E-state index contributed by atoms with van der Waals surface area (Å²) in [5.74, 6) is 0.837. The molecule has 0 radical (unpaired) electrons. The molecule has 1 aliphatic heterocycles. The van der Waals surface area contributed by atoms with Crippen LogP contribution < -0.4 is 0 Å². The van der Waals surface area contributed by atoms with Crippen molar-refractivity contribution in [3.05, 3.63) is 29.1 Å². The van der Waals surface area contributed by atoms with Crippen LogP contribution >= 0.6 is 0 Å². The van der Waals surface area contributed by atoms with Gasteiger partial charge in [0, 0.05) is 38.1 Å². The van der Waals surface area contributed by atoms with Gasteiger partial charge in [-0.25, -0.2) is 0 Å². The van der Waals surface area contributed by atoms with Crippen LogP contribution in [-0.2, 0) is 24.3 Å². The van der Waals surface area contributed by atoms with Crippen LogP contribution in [0, 0.1) is 5.92 Å². The average molecular weight is 260 g/mol. The van der Waals surface area contributed by atoms with E-state index in [0.29, 0.717) is 6.04 Å². The third-order valence-electron chi connectivity index (χ3n) is 4.30. The second-order valence-electron chi connectivity index (χ2n) is 6.21. The number of ether oxygens (including phenoxy) is 1. The average Bonchev–Trinajstić information content (AvgIpc) is 3.22. The van der Waals surface area contributed by atoms with Gasteiger partial charge in [-0.2, -0.15) is 0 Å². The van der Waals surface area contributed by atoms with Crippen molar-refractivity contribution in [2.75, 3.05) is 13.2 Å². The van der Waals surface area contributed by atoms with E-state index in [9.17, 15) is 0 Å². The Morgan fingerprint density at radius 3 is 2.95 bits per heavy atom. The van der Waals surface area contributed by atoms with Crippen molar-refractivity contribution in [3.8, 4) is 0 Å². The minimum absolute atomic E-state index is 0.614. The second kappa shape index (κ2) is 5.59. The van der Waals surface area contributed by atoms with Crippen molar-refractivity contribution in [2.24, 2.45) is 5.92 Å². The van der Waals surface area contributed by atoms with Crippen LogP contribution in [0.5, 0.6) is 0 Å². The van der Waals surface area contributed by atoms with Crippen LogP contribution in [0.15, 0.2) is 12.4 Å². The quantitative estimate of drug-likeness (QED) is 0.814. The zero-order chi connectivity index (χ0) is 13.2. The molecule has 1 aromatic heterocycles. The van der Waals surface area contributed by atoms with Crippen LogP contribution in [0.1, 0.15) is 43.4 Å². The summed E-state index contributed by atoms with van der Waals surface area (Å²) >= 11 is 0. The lowest BCUT2D eigenvalue weighted by Crippen LogP contribution is -2.36. The van der Waals surface area contributed by atoms with E-state index in [1.807, 2.05) is 12.4 Å². The lowest BCUT2D eigenvalue weighted by Gasteiger charge is -2.32. The van der Waals surface area contributed by atoms with E-state index in [4.69, 9.17) is 4.74 Å². The number of fused-ring (bicyclic) bond motifs is 1. The first kappa shape index (κ1) is 13.1. The Labute approximate surface area is 116 Å². The Balaban J connectivity index is 1.67. The van der Waals surface area contributed by atoms with Gasteiger partial charge in [-0.15, -0.1) is 0 Å². The Bertz CT molecular complexity index is 440. The first-order valence-electron chi connectivity index (χ1n) is 7.50. The molecule has 0 amide bonds. The molecule has 1 aromatic rings. The third-order valence-corrected chi connectivity index (χ3v) is 4.30. The Hall–Kier alpha value is -0.930. The minimum Gasteiger partial charge on any atom is -0.376 e. The van der Waals surface area contributed by atoms with Gasteiger partial charge in [0.2, 0.25) is 0 Å². The zero-order valence-corrected chi connectivity index (χ0v) is 12.1. The molecule has 3 heteroatoms. The summed E-state index contributed by atoms with van der Waals surface area (Å²) in [7, 11) is 0. The predicted octanol–water partition coefficient (Wildman–Crippen LogP) is 2.77. The highest BCUT2D eigenvalue weighted by atomic mass is 16.5. The highest BCUT2D eigenvalue weighted by Gasteiger charge is 2.23. The van der Waals surface area contributed by atoms with Crippen molar-refractivity contribution in [3.63, 3.8) is 0 Å². The van der Waals surface area contributed by atoms with Gasteiger partial charge in [-0.05, 0) is 55.7 Å². The number of hydrogen-bond donors (Lipinski definition) is 0. The van der Waals surface area contributed by atoms with E-state index in [0.717, 1.165) is 38.6 Å². The molecule has 104 valence electrons. The van der Waals surface area contributed by atoms with Gasteiger partial charge in [0.05, 0.1) is 6.61 Å². The van der Waals surface area contributed by atoms with Gasteiger partial charge in [-0.1, -0.05) is 0 Å². The summed E-state index contributed by atoms with van der Waals surface area (Å²) in [5.41, 5.74) is 4.19. The molecule has 19 heavy (non-hydrogen) atoms. The summed E-state index contributed by atoms with van der Waals surface area (Å²) in [6.45, 7) is 8.40. The van der Waals surface area contributed by atoms with E-state index in [2.05, 4.69) is 23.7 Å². The monoisotopic (exact) mass is 260 g/mol. The number of hydrogen-bond acceptors (Lipinski definition) is 3. The number of pyridine rings is 1. The van der Waals surface area contributed by atoms with Gasteiger partial charge >= 0.3 is 0 Å². The molecule has 1 fully saturated rings. The summed E-state index contributed by atoms with van der Waals surface area (Å²) in [6.07, 6.45) is 7.88. The van der Waals surface area contributed by atoms with E-state index in [1.54, 1.807) is 0 Å². The molecule has 0 aromatic carbocycles. The summed E-state index contributed by atoms with van der Waals surface area (Å²) in [6, 6.07) is 0.614. The molecule has 2 heterocycles. The summed E-state index contributed by atoms with van der Waals surface area (Å²) in [4.78, 5) is 6.91. The van der Waals surface area contributed by atoms with Gasteiger partial charge in [-0.3, -0.25) is 9.88 Å². The standard InChI is InChI=1S/C16H24N2O/c1-12(2)18-6-5-16-14(9-18)7-17-8-15(16)11-19-10-13-3-4-13/h7-8,12-13H,3-6,9-11H2,1-2H3. The molecular weight excluding hydrogens is 236 g/mol. The molecule has 3 rings (SSSR count). The summed E-state index contributed by atoms with van der Waals surface area (Å²) < 4.78 is 5.83. The maximum atomic E-state index is 5.83. The van der Waals surface area contributed by atoms with Crippen LogP contribution in [0.2, 0.25) is 0 Å². The molecule has 0 bridgehead atoms. The van der Waals surface area contributed by atoms with Crippen molar-refractivity contribution in [2.45, 2.75) is 52.3 Å². The molecule has 1 saturated carbocycles. The van der Waals surface area contributed by atoms with Gasteiger partial charge in [0.15, 0.2) is 0 Å². The van der Waals surface area contributed by atoms with E-state index in [-0.39, 0.29) is 0 Å². The van der Waals surface area contributed by atoms with E-state index < -0.39 is 0 Å². The van der Waals surface area contributed by atoms with Gasteiger partial charge in [0.1, 0.15) is 0 Å². The highest BCUT2D eigenvalue weighted by Crippen LogP contribution is 2.29. The molecule has 0 saturated heterocycles. The lowest BCUT2D eigenvalue weighted by molar-refractivity contribution is 0.109. The van der Waals surface area contributed by atoms with Crippen molar-refractivity contribution in [1.82, 2.24) is 9.88 Å². The zero-order valence-electron chi connectivity index (χ0n) is 12.1. The molecular formula is C16H24N2O. The first-order valence-corrected chi connectivity index (χ1v) is 7.50.